The summed E-state index contributed by atoms with van der Waals surface area (Å²) in [5, 5.41) is 4.18. The second-order valence-electron chi connectivity index (χ2n) is 18.2. The van der Waals surface area contributed by atoms with Crippen molar-refractivity contribution in [3.8, 4) is 5.75 Å². The van der Waals surface area contributed by atoms with Crippen molar-refractivity contribution in [1.29, 1.82) is 0 Å². The number of carbonyl (C=O) groups is 2. The predicted octanol–water partition coefficient (Wildman–Crippen LogP) is 8.05. The van der Waals surface area contributed by atoms with Crippen molar-refractivity contribution < 1.29 is 23.3 Å². The minimum absolute atomic E-state index is 0.130. The van der Waals surface area contributed by atoms with Crippen LogP contribution in [0.15, 0.2) is 36.4 Å². The fourth-order valence-electron chi connectivity index (χ4n) is 9.32. The maximum absolute atomic E-state index is 13.6. The van der Waals surface area contributed by atoms with Gasteiger partial charge in [0, 0.05) is 68.9 Å². The molecule has 1 saturated carbocycles. The van der Waals surface area contributed by atoms with E-state index in [1.807, 2.05) is 56.9 Å². The number of nitrogens with zero attached hydrogens (tertiary/aromatic N) is 3. The molecular weight excluding hydrogens is 758 g/mol. The first kappa shape index (κ1) is 43.7. The molecule has 2 N–H and O–H groups in total. The molecule has 57 heavy (non-hydrogen) atoms. The average molecular weight is 827 g/mol. The Balaban J connectivity index is 1.27. The van der Waals surface area contributed by atoms with Crippen molar-refractivity contribution in [2.45, 2.75) is 110 Å². The molecule has 2 aromatic rings. The minimum atomic E-state index is -1.51. The molecule has 4 aliphatic rings. The van der Waals surface area contributed by atoms with Gasteiger partial charge in [-0.3, -0.25) is 9.52 Å². The van der Waals surface area contributed by atoms with Crippen LogP contribution in [0.25, 0.3) is 0 Å². The van der Waals surface area contributed by atoms with Crippen LogP contribution in [0, 0.1) is 23.7 Å². The highest BCUT2D eigenvalue weighted by Gasteiger charge is 2.40. The Labute approximate surface area is 349 Å². The van der Waals surface area contributed by atoms with E-state index >= 15 is 0 Å². The molecule has 1 aliphatic carbocycles. The summed E-state index contributed by atoms with van der Waals surface area (Å²) < 4.78 is 28.8. The number of benzene rings is 2. The Morgan fingerprint density at radius 3 is 2.54 bits per heavy atom. The molecule has 2 aromatic carbocycles. The van der Waals surface area contributed by atoms with Crippen molar-refractivity contribution in [2.75, 3.05) is 70.4 Å². The van der Waals surface area contributed by atoms with Crippen molar-refractivity contribution in [1.82, 2.24) is 19.8 Å². The van der Waals surface area contributed by atoms with Crippen molar-refractivity contribution in [3.05, 3.63) is 58.1 Å². The Morgan fingerprint density at radius 2 is 1.79 bits per heavy atom. The van der Waals surface area contributed by atoms with Gasteiger partial charge in [-0.05, 0) is 138 Å². The molecule has 2 amide bonds. The first-order chi connectivity index (χ1) is 27.3. The Hall–Kier alpha value is -2.86. The summed E-state index contributed by atoms with van der Waals surface area (Å²) >= 11 is 6.52. The van der Waals surface area contributed by atoms with Gasteiger partial charge in [-0.2, -0.15) is 0 Å². The lowest BCUT2D eigenvalue weighted by Crippen LogP contribution is -2.48. The number of aryl methyl sites for hydroxylation is 1. The molecule has 10 nitrogen and oxygen atoms in total. The fourth-order valence-corrected chi connectivity index (χ4v) is 10.6. The zero-order valence-electron chi connectivity index (χ0n) is 35.3. The molecule has 6 rings (SSSR count). The smallest absolute Gasteiger partial charge is 0.410 e. The van der Waals surface area contributed by atoms with Crippen LogP contribution >= 0.6 is 11.6 Å². The Kier molecular flexibility index (Phi) is 15.3. The number of carbonyl (C=O) groups excluding carboxylic acids is 2. The van der Waals surface area contributed by atoms with E-state index in [2.05, 4.69) is 45.8 Å². The molecule has 2 bridgehead atoms. The summed E-state index contributed by atoms with van der Waals surface area (Å²) in [5.74, 6) is 2.42. The number of nitrogens with one attached hydrogen (secondary N) is 2. The quantitative estimate of drug-likeness (QED) is 0.313. The summed E-state index contributed by atoms with van der Waals surface area (Å²) in [5.41, 5.74) is 3.48. The molecular formula is C45H68ClN5O5S. The van der Waals surface area contributed by atoms with Gasteiger partial charge in [0.1, 0.15) is 22.3 Å². The molecule has 7 unspecified atom stereocenters. The highest BCUT2D eigenvalue weighted by atomic mass is 35.5. The molecule has 0 spiro atoms. The van der Waals surface area contributed by atoms with E-state index in [9.17, 15) is 13.8 Å². The second kappa shape index (κ2) is 19.9. The Bertz CT molecular complexity index is 1700. The van der Waals surface area contributed by atoms with E-state index in [0.717, 1.165) is 101 Å². The lowest BCUT2D eigenvalue weighted by Gasteiger charge is -2.46. The van der Waals surface area contributed by atoms with Gasteiger partial charge >= 0.3 is 6.09 Å². The highest BCUT2D eigenvalue weighted by Crippen LogP contribution is 2.45. The summed E-state index contributed by atoms with van der Waals surface area (Å²) in [7, 11) is -1.51. The molecule has 7 atom stereocenters. The molecule has 316 valence electrons. The van der Waals surface area contributed by atoms with Gasteiger partial charge in [-0.15, -0.1) is 0 Å². The molecule has 0 aromatic heterocycles. The van der Waals surface area contributed by atoms with Crippen molar-refractivity contribution >= 4 is 40.3 Å². The van der Waals surface area contributed by atoms with E-state index in [-0.39, 0.29) is 29.1 Å². The number of amides is 2. The van der Waals surface area contributed by atoms with Gasteiger partial charge in [0.05, 0.1) is 17.5 Å². The van der Waals surface area contributed by atoms with Crippen LogP contribution in [0.2, 0.25) is 5.02 Å². The van der Waals surface area contributed by atoms with Gasteiger partial charge in [-0.25, -0.2) is 9.00 Å². The van der Waals surface area contributed by atoms with E-state index in [0.29, 0.717) is 43.0 Å². The standard InChI is InChI=1S/C45H68ClN5O5S/c1-7-10-33-25-38(46)15-17-39(33)37-29-51-28-36-13-16-40(36)35(27-49-21-9-22-50(24-20-47-19-23-49)44(53)56-45(4,5)6)12-8-11-31(2)32(3)57(54)48-43(52)34-14-18-42(55-30-37)41(51)26-34/h14-15,17-18,25-26,31-32,35-37,40,47H,7-13,16,19-24,27-30H2,1-6H3,(H,48,52). The van der Waals surface area contributed by atoms with Gasteiger partial charge in [0.15, 0.2) is 0 Å². The van der Waals surface area contributed by atoms with Crippen molar-refractivity contribution in [2.24, 2.45) is 23.7 Å². The van der Waals surface area contributed by atoms with E-state index in [1.165, 1.54) is 24.0 Å². The fraction of sp³-hybridized carbons (Fsp3) is 0.689. The third-order valence-corrected chi connectivity index (χ3v) is 14.6. The number of anilines is 1. The van der Waals surface area contributed by atoms with Crippen LogP contribution < -0.4 is 19.7 Å². The molecule has 3 aliphatic heterocycles. The summed E-state index contributed by atoms with van der Waals surface area (Å²) in [4.78, 5) is 33.6. The maximum atomic E-state index is 13.6. The van der Waals surface area contributed by atoms with Gasteiger partial charge in [0.2, 0.25) is 0 Å². The number of hydrogen-bond acceptors (Lipinski definition) is 8. The topological polar surface area (TPSA) is 103 Å². The first-order valence-corrected chi connectivity index (χ1v) is 23.3. The molecule has 3 heterocycles. The summed E-state index contributed by atoms with van der Waals surface area (Å²) in [6.45, 7) is 20.3. The molecule has 0 radical (unpaired) electrons. The summed E-state index contributed by atoms with van der Waals surface area (Å²) in [6.07, 6.45) is 8.19. The molecule has 2 fully saturated rings. The van der Waals surface area contributed by atoms with Crippen LogP contribution in [-0.2, 0) is 22.1 Å². The predicted molar refractivity (Wildman–Crippen MR) is 232 cm³/mol. The van der Waals surface area contributed by atoms with Crippen LogP contribution in [-0.4, -0.2) is 102 Å². The Morgan fingerprint density at radius 1 is 0.982 bits per heavy atom. The monoisotopic (exact) mass is 825 g/mol. The van der Waals surface area contributed by atoms with Gasteiger partial charge < -0.3 is 29.5 Å². The lowest BCUT2D eigenvalue weighted by atomic mass is 9.65. The lowest BCUT2D eigenvalue weighted by molar-refractivity contribution is 0.0232. The van der Waals surface area contributed by atoms with Gasteiger partial charge in [-0.1, -0.05) is 44.4 Å². The van der Waals surface area contributed by atoms with Crippen LogP contribution in [0.3, 0.4) is 0 Å². The third-order valence-electron chi connectivity index (χ3n) is 12.8. The van der Waals surface area contributed by atoms with Crippen molar-refractivity contribution in [3.63, 3.8) is 0 Å². The zero-order valence-corrected chi connectivity index (χ0v) is 36.9. The SMILES string of the molecule is CCCc1cc(Cl)ccc1C1COc2ccc3cc2N(C1)CC1CCC1C(CN1CCCN(C(=O)OC(C)(C)C)CCNCC1)CCCC(C)C(C)S(=O)NC3=O. The number of ether oxygens (including phenoxy) is 2. The minimum Gasteiger partial charge on any atom is -0.491 e. The third kappa shape index (κ3) is 11.7. The number of rotatable bonds is 5. The average Bonchev–Trinajstić information content (AvgIpc) is 3.33. The number of hydrogen-bond donors (Lipinski definition) is 2. The normalized spacial score (nSPS) is 28.5. The number of fused-ring (bicyclic) bond motifs is 2. The largest absolute Gasteiger partial charge is 0.491 e. The summed E-state index contributed by atoms with van der Waals surface area (Å²) in [6, 6.07) is 12.0. The zero-order chi connectivity index (χ0) is 40.7. The van der Waals surface area contributed by atoms with Crippen LogP contribution in [0.4, 0.5) is 10.5 Å². The van der Waals surface area contributed by atoms with E-state index in [4.69, 9.17) is 21.1 Å². The van der Waals surface area contributed by atoms with Crippen LogP contribution in [0.1, 0.15) is 114 Å². The molecule has 1 saturated heterocycles. The maximum Gasteiger partial charge on any atom is 0.410 e. The van der Waals surface area contributed by atoms with Gasteiger partial charge in [0.25, 0.3) is 5.91 Å². The highest BCUT2D eigenvalue weighted by molar-refractivity contribution is 7.84. The molecule has 12 heteroatoms. The van der Waals surface area contributed by atoms with Crippen LogP contribution in [0.5, 0.6) is 5.75 Å². The first-order valence-electron chi connectivity index (χ1n) is 21.7. The van der Waals surface area contributed by atoms with E-state index < -0.39 is 16.6 Å². The van der Waals surface area contributed by atoms with E-state index in [1.54, 1.807) is 0 Å². The number of halogens is 1. The second-order valence-corrected chi connectivity index (χ2v) is 20.1.